The van der Waals surface area contributed by atoms with Gasteiger partial charge in [-0.3, -0.25) is 0 Å². The van der Waals surface area contributed by atoms with Crippen LogP contribution in [0.5, 0.6) is 0 Å². The summed E-state index contributed by atoms with van der Waals surface area (Å²) in [4.78, 5) is 0. The molecule has 4 heteroatoms. The topological polar surface area (TPSA) is 43.4 Å². The van der Waals surface area contributed by atoms with Crippen molar-refractivity contribution in [2.75, 3.05) is 18.1 Å². The van der Waals surface area contributed by atoms with Crippen molar-refractivity contribution in [3.63, 3.8) is 0 Å². The van der Waals surface area contributed by atoms with Crippen LogP contribution in [0.1, 0.15) is 51.9 Å². The highest BCUT2D eigenvalue weighted by atomic mass is 32.2. The lowest BCUT2D eigenvalue weighted by atomic mass is 9.87. The van der Waals surface area contributed by atoms with E-state index in [2.05, 4.69) is 6.92 Å². The summed E-state index contributed by atoms with van der Waals surface area (Å²) >= 11 is 0. The Balaban J connectivity index is 1.72. The Labute approximate surface area is 111 Å². The second kappa shape index (κ2) is 5.64. The van der Waals surface area contributed by atoms with Gasteiger partial charge in [-0.1, -0.05) is 13.3 Å². The highest BCUT2D eigenvalue weighted by Crippen LogP contribution is 2.35. The summed E-state index contributed by atoms with van der Waals surface area (Å²) in [7, 11) is -2.78. The van der Waals surface area contributed by atoms with Crippen LogP contribution in [0.25, 0.3) is 0 Å². The third-order valence-electron chi connectivity index (χ3n) is 4.15. The highest BCUT2D eigenvalue weighted by molar-refractivity contribution is 7.91. The first-order chi connectivity index (χ1) is 8.49. The number of hydrogen-bond acceptors (Lipinski definition) is 3. The molecule has 104 valence electrons. The summed E-state index contributed by atoms with van der Waals surface area (Å²) in [6.07, 6.45) is 9.80. The molecule has 1 aliphatic carbocycles. The van der Waals surface area contributed by atoms with Crippen molar-refractivity contribution in [3.8, 4) is 0 Å². The maximum atomic E-state index is 11.5. The van der Waals surface area contributed by atoms with Crippen LogP contribution in [-0.4, -0.2) is 26.5 Å². The van der Waals surface area contributed by atoms with Gasteiger partial charge in [-0.25, -0.2) is 8.42 Å². The average Bonchev–Trinajstić information content (AvgIpc) is 2.61. The van der Waals surface area contributed by atoms with Gasteiger partial charge in [0.25, 0.3) is 0 Å². The molecule has 2 fully saturated rings. The van der Waals surface area contributed by atoms with Gasteiger partial charge in [-0.15, -0.1) is 0 Å². The van der Waals surface area contributed by atoms with Crippen LogP contribution in [0, 0.1) is 5.41 Å². The molecule has 18 heavy (non-hydrogen) atoms. The first-order valence-corrected chi connectivity index (χ1v) is 8.81. The van der Waals surface area contributed by atoms with Crippen molar-refractivity contribution in [2.45, 2.75) is 51.9 Å². The minimum Gasteiger partial charge on any atom is -0.501 e. The molecule has 1 saturated heterocycles. The van der Waals surface area contributed by atoms with Gasteiger partial charge in [-0.05, 0) is 49.5 Å². The summed E-state index contributed by atoms with van der Waals surface area (Å²) in [6, 6.07) is 0. The fraction of sp³-hybridized carbons (Fsp3) is 0.857. The van der Waals surface area contributed by atoms with Crippen LogP contribution in [0.4, 0.5) is 0 Å². The van der Waals surface area contributed by atoms with E-state index >= 15 is 0 Å². The van der Waals surface area contributed by atoms with Crippen molar-refractivity contribution in [1.29, 1.82) is 0 Å². The smallest absolute Gasteiger partial charge is 0.150 e. The molecule has 0 spiro atoms. The van der Waals surface area contributed by atoms with Gasteiger partial charge >= 0.3 is 0 Å². The first-order valence-electron chi connectivity index (χ1n) is 6.99. The Kier molecular flexibility index (Phi) is 4.36. The van der Waals surface area contributed by atoms with E-state index in [0.717, 1.165) is 12.8 Å². The zero-order valence-corrected chi connectivity index (χ0v) is 12.1. The van der Waals surface area contributed by atoms with Crippen molar-refractivity contribution in [2.24, 2.45) is 5.41 Å². The third kappa shape index (κ3) is 4.01. The molecule has 0 bridgehead atoms. The first kappa shape index (κ1) is 13.9. The Bertz CT molecular complexity index is 403. The van der Waals surface area contributed by atoms with Gasteiger partial charge in [0, 0.05) is 0 Å². The predicted octanol–water partition coefficient (Wildman–Crippen LogP) is 3.07. The van der Waals surface area contributed by atoms with Crippen LogP contribution >= 0.6 is 0 Å². The van der Waals surface area contributed by atoms with Crippen molar-refractivity contribution in [3.05, 3.63) is 11.8 Å². The minimum absolute atomic E-state index is 0.0656. The van der Waals surface area contributed by atoms with E-state index in [1.807, 2.05) is 6.26 Å². The Morgan fingerprint density at radius 2 is 2.00 bits per heavy atom. The fourth-order valence-electron chi connectivity index (χ4n) is 2.88. The molecule has 0 aromatic heterocycles. The molecule has 1 heterocycles. The van der Waals surface area contributed by atoms with Gasteiger partial charge < -0.3 is 4.74 Å². The zero-order chi connectivity index (χ0) is 13.1. The van der Waals surface area contributed by atoms with Crippen LogP contribution in [0.2, 0.25) is 0 Å². The van der Waals surface area contributed by atoms with Crippen LogP contribution in [0.3, 0.4) is 0 Å². The minimum atomic E-state index is -2.78. The molecule has 1 atom stereocenters. The van der Waals surface area contributed by atoms with Gasteiger partial charge in [0.1, 0.15) is 0 Å². The maximum Gasteiger partial charge on any atom is 0.150 e. The number of hydrogen-bond donors (Lipinski definition) is 0. The van der Waals surface area contributed by atoms with Gasteiger partial charge in [0.15, 0.2) is 9.84 Å². The van der Waals surface area contributed by atoms with Crippen molar-refractivity contribution in [1.82, 2.24) is 0 Å². The highest BCUT2D eigenvalue weighted by Gasteiger charge is 2.37. The van der Waals surface area contributed by atoms with E-state index in [1.54, 1.807) is 0 Å². The van der Waals surface area contributed by atoms with E-state index in [0.29, 0.717) is 18.1 Å². The third-order valence-corrected chi connectivity index (χ3v) is 6.12. The molecule has 2 rings (SSSR count). The van der Waals surface area contributed by atoms with E-state index < -0.39 is 9.84 Å². The monoisotopic (exact) mass is 272 g/mol. The Hall–Kier alpha value is -0.510. The lowest BCUT2D eigenvalue weighted by molar-refractivity contribution is 0.187. The summed E-state index contributed by atoms with van der Waals surface area (Å²) < 4.78 is 28.6. The lowest BCUT2D eigenvalue weighted by Gasteiger charge is -2.21. The standard InChI is InChI=1S/C14H24O3S/c1-14(8-10-18(15,16)12-14)7-9-17-11-13-5-3-2-4-6-13/h11H,2-10,12H2,1H3. The summed E-state index contributed by atoms with van der Waals surface area (Å²) in [5.74, 6) is 0.685. The Morgan fingerprint density at radius 1 is 1.28 bits per heavy atom. The molecule has 0 amide bonds. The fourth-order valence-corrected chi connectivity index (χ4v) is 5.18. The second-order valence-electron chi connectivity index (χ2n) is 6.11. The number of sulfone groups is 1. The molecule has 3 nitrogen and oxygen atoms in total. The van der Waals surface area contributed by atoms with Crippen LogP contribution in [0.15, 0.2) is 11.8 Å². The predicted molar refractivity (Wildman–Crippen MR) is 73.1 cm³/mol. The van der Waals surface area contributed by atoms with E-state index in [9.17, 15) is 8.42 Å². The summed E-state index contributed by atoms with van der Waals surface area (Å²) in [5.41, 5.74) is 1.36. The number of rotatable bonds is 4. The zero-order valence-electron chi connectivity index (χ0n) is 11.3. The van der Waals surface area contributed by atoms with Crippen molar-refractivity contribution < 1.29 is 13.2 Å². The Morgan fingerprint density at radius 3 is 2.61 bits per heavy atom. The molecular formula is C14H24O3S. The lowest BCUT2D eigenvalue weighted by Crippen LogP contribution is -2.19. The molecular weight excluding hydrogens is 248 g/mol. The van der Waals surface area contributed by atoms with E-state index in [-0.39, 0.29) is 5.41 Å². The average molecular weight is 272 g/mol. The molecule has 0 N–H and O–H groups in total. The van der Waals surface area contributed by atoms with E-state index in [1.165, 1.54) is 37.7 Å². The molecule has 1 aliphatic heterocycles. The normalized spacial score (nSPS) is 31.3. The molecule has 2 aliphatic rings. The molecule has 0 radical (unpaired) electrons. The van der Waals surface area contributed by atoms with Crippen molar-refractivity contribution >= 4 is 9.84 Å². The second-order valence-corrected chi connectivity index (χ2v) is 8.29. The van der Waals surface area contributed by atoms with Gasteiger partial charge in [0.05, 0.1) is 24.4 Å². The van der Waals surface area contributed by atoms with Crippen LogP contribution < -0.4 is 0 Å². The maximum absolute atomic E-state index is 11.5. The van der Waals surface area contributed by atoms with Gasteiger partial charge in [0.2, 0.25) is 0 Å². The summed E-state index contributed by atoms with van der Waals surface area (Å²) in [5, 5.41) is 0. The molecule has 1 unspecified atom stereocenters. The molecule has 0 aromatic carbocycles. The molecule has 1 saturated carbocycles. The van der Waals surface area contributed by atoms with Gasteiger partial charge in [-0.2, -0.15) is 0 Å². The number of ether oxygens (including phenoxy) is 1. The SMILES string of the molecule is CC1(CCOC=C2CCCCC2)CCS(=O)(=O)C1. The largest absolute Gasteiger partial charge is 0.501 e. The molecule has 0 aromatic rings. The quantitative estimate of drug-likeness (QED) is 0.583. The number of allylic oxidation sites excluding steroid dienone is 1. The summed E-state index contributed by atoms with van der Waals surface area (Å²) in [6.45, 7) is 2.71. The van der Waals surface area contributed by atoms with Crippen LogP contribution in [-0.2, 0) is 14.6 Å². The van der Waals surface area contributed by atoms with E-state index in [4.69, 9.17) is 4.74 Å².